The van der Waals surface area contributed by atoms with Crippen molar-refractivity contribution in [1.82, 2.24) is 14.8 Å². The highest BCUT2D eigenvalue weighted by molar-refractivity contribution is 5.88. The quantitative estimate of drug-likeness (QED) is 0.909. The van der Waals surface area contributed by atoms with E-state index in [0.717, 1.165) is 16.8 Å². The summed E-state index contributed by atoms with van der Waals surface area (Å²) in [5.41, 5.74) is -0.644. The van der Waals surface area contributed by atoms with E-state index in [1.54, 1.807) is 0 Å². The third-order valence-electron chi connectivity index (χ3n) is 2.44. The number of halogens is 3. The molecule has 2 aromatic heterocycles. The predicted molar refractivity (Wildman–Crippen MR) is 58.1 cm³/mol. The summed E-state index contributed by atoms with van der Waals surface area (Å²) in [6, 6.07) is 1.99. The van der Waals surface area contributed by atoms with E-state index < -0.39 is 17.7 Å². The summed E-state index contributed by atoms with van der Waals surface area (Å²) in [7, 11) is 0. The Hall–Kier alpha value is -2.38. The Balaban J connectivity index is 2.38. The summed E-state index contributed by atoms with van der Waals surface area (Å²) < 4.78 is 38.2. The minimum atomic E-state index is -4.46. The van der Waals surface area contributed by atoms with Crippen molar-refractivity contribution in [3.63, 3.8) is 0 Å². The molecule has 19 heavy (non-hydrogen) atoms. The maximum absolute atomic E-state index is 12.4. The Kier molecular flexibility index (Phi) is 3.01. The van der Waals surface area contributed by atoms with Crippen LogP contribution in [0.3, 0.4) is 0 Å². The molecule has 0 unspecified atom stereocenters. The molecule has 100 valence electrons. The third-order valence-corrected chi connectivity index (χ3v) is 2.44. The Bertz CT molecular complexity index is 617. The van der Waals surface area contributed by atoms with Gasteiger partial charge in [-0.2, -0.15) is 18.3 Å². The number of aryl methyl sites for hydroxylation is 1. The number of carboxylic acid groups (broad SMARTS) is 1. The van der Waals surface area contributed by atoms with Crippen LogP contribution in [0.4, 0.5) is 13.2 Å². The number of nitrogens with zero attached hydrogens (tertiary/aromatic N) is 3. The first-order valence-corrected chi connectivity index (χ1v) is 5.12. The number of aromatic nitrogens is 3. The lowest BCUT2D eigenvalue weighted by molar-refractivity contribution is -0.137. The summed E-state index contributed by atoms with van der Waals surface area (Å²) >= 11 is 0. The maximum atomic E-state index is 12.4. The highest BCUT2D eigenvalue weighted by atomic mass is 19.4. The molecule has 0 radical (unpaired) electrons. The molecule has 0 spiro atoms. The molecule has 1 N–H and O–H groups in total. The van der Waals surface area contributed by atoms with Gasteiger partial charge in [0.2, 0.25) is 0 Å². The predicted octanol–water partition coefficient (Wildman–Crippen LogP) is 2.29. The molecule has 0 fully saturated rings. The molecular formula is C11H8F3N3O2. The van der Waals surface area contributed by atoms with Crippen molar-refractivity contribution in [3.05, 3.63) is 41.3 Å². The van der Waals surface area contributed by atoms with E-state index in [1.165, 1.54) is 13.1 Å². The minimum absolute atomic E-state index is 0.0262. The molecule has 2 heterocycles. The summed E-state index contributed by atoms with van der Waals surface area (Å²) in [4.78, 5) is 14.4. The van der Waals surface area contributed by atoms with E-state index in [4.69, 9.17) is 5.11 Å². The second kappa shape index (κ2) is 4.38. The fourth-order valence-electron chi connectivity index (χ4n) is 1.48. The molecule has 8 heteroatoms. The molecule has 0 aliphatic rings. The molecule has 2 aromatic rings. The van der Waals surface area contributed by atoms with E-state index in [9.17, 15) is 18.0 Å². The Labute approximate surface area is 105 Å². The standard InChI is InChI=1S/C11H8F3N3O2/c1-6-8(10(18)19)5-17(16-6)9-3-2-7(4-15-9)11(12,13)14/h2-5H,1H3,(H,18,19). The molecule has 0 saturated carbocycles. The summed E-state index contributed by atoms with van der Waals surface area (Å²) in [6.45, 7) is 1.49. The van der Waals surface area contributed by atoms with Crippen molar-refractivity contribution in [2.75, 3.05) is 0 Å². The van der Waals surface area contributed by atoms with Gasteiger partial charge in [-0.1, -0.05) is 0 Å². The van der Waals surface area contributed by atoms with Gasteiger partial charge in [-0.25, -0.2) is 14.5 Å². The molecular weight excluding hydrogens is 263 g/mol. The topological polar surface area (TPSA) is 68.0 Å². The van der Waals surface area contributed by atoms with E-state index >= 15 is 0 Å². The number of pyridine rings is 1. The van der Waals surface area contributed by atoms with Gasteiger partial charge in [-0.3, -0.25) is 0 Å². The average molecular weight is 271 g/mol. The van der Waals surface area contributed by atoms with Crippen molar-refractivity contribution < 1.29 is 23.1 Å². The van der Waals surface area contributed by atoms with Crippen molar-refractivity contribution >= 4 is 5.97 Å². The number of carbonyl (C=O) groups is 1. The van der Waals surface area contributed by atoms with Crippen molar-refractivity contribution in [2.45, 2.75) is 13.1 Å². The normalized spacial score (nSPS) is 11.6. The summed E-state index contributed by atoms with van der Waals surface area (Å²) in [5, 5.41) is 12.7. The van der Waals surface area contributed by atoms with Crippen LogP contribution >= 0.6 is 0 Å². The second-order valence-electron chi connectivity index (χ2n) is 3.78. The van der Waals surface area contributed by atoms with E-state index in [0.29, 0.717) is 6.20 Å². The minimum Gasteiger partial charge on any atom is -0.478 e. The van der Waals surface area contributed by atoms with Gasteiger partial charge in [-0.05, 0) is 19.1 Å². The van der Waals surface area contributed by atoms with Crippen LogP contribution in [-0.4, -0.2) is 25.8 Å². The lowest BCUT2D eigenvalue weighted by atomic mass is 10.3. The SMILES string of the molecule is Cc1nn(-c2ccc(C(F)(F)F)cn2)cc1C(=O)O. The van der Waals surface area contributed by atoms with E-state index in [2.05, 4.69) is 10.1 Å². The zero-order valence-electron chi connectivity index (χ0n) is 9.64. The van der Waals surface area contributed by atoms with Crippen LogP contribution in [0.25, 0.3) is 5.82 Å². The van der Waals surface area contributed by atoms with Crippen LogP contribution in [0.1, 0.15) is 21.6 Å². The zero-order valence-corrected chi connectivity index (χ0v) is 9.64. The number of rotatable bonds is 2. The summed E-state index contributed by atoms with van der Waals surface area (Å²) in [5.74, 6) is -1.04. The summed E-state index contributed by atoms with van der Waals surface area (Å²) in [6.07, 6.45) is -2.59. The molecule has 0 saturated heterocycles. The first kappa shape index (κ1) is 13.1. The lowest BCUT2D eigenvalue weighted by Gasteiger charge is -2.06. The van der Waals surface area contributed by atoms with Gasteiger partial charge in [0.1, 0.15) is 5.56 Å². The van der Waals surface area contributed by atoms with Gasteiger partial charge in [0.05, 0.1) is 11.3 Å². The Morgan fingerprint density at radius 1 is 1.37 bits per heavy atom. The molecule has 0 aliphatic carbocycles. The van der Waals surface area contributed by atoms with Crippen LogP contribution in [0, 0.1) is 6.92 Å². The maximum Gasteiger partial charge on any atom is 0.417 e. The first-order chi connectivity index (χ1) is 8.79. The van der Waals surface area contributed by atoms with Gasteiger partial charge in [0.25, 0.3) is 0 Å². The Morgan fingerprint density at radius 3 is 2.47 bits per heavy atom. The average Bonchev–Trinajstić information content (AvgIpc) is 2.70. The van der Waals surface area contributed by atoms with E-state index in [1.807, 2.05) is 0 Å². The van der Waals surface area contributed by atoms with Crippen LogP contribution in [0.2, 0.25) is 0 Å². The molecule has 0 amide bonds. The van der Waals surface area contributed by atoms with Crippen molar-refractivity contribution in [1.29, 1.82) is 0 Å². The van der Waals surface area contributed by atoms with E-state index in [-0.39, 0.29) is 17.1 Å². The van der Waals surface area contributed by atoms with Gasteiger partial charge in [-0.15, -0.1) is 0 Å². The number of hydrogen-bond acceptors (Lipinski definition) is 3. The van der Waals surface area contributed by atoms with Crippen LogP contribution in [0.15, 0.2) is 24.5 Å². The monoisotopic (exact) mass is 271 g/mol. The molecule has 2 rings (SSSR count). The number of hydrogen-bond donors (Lipinski definition) is 1. The van der Waals surface area contributed by atoms with Gasteiger partial charge in [0, 0.05) is 12.4 Å². The fraction of sp³-hybridized carbons (Fsp3) is 0.182. The second-order valence-corrected chi connectivity index (χ2v) is 3.78. The molecule has 0 aliphatic heterocycles. The van der Waals surface area contributed by atoms with Crippen LogP contribution in [0.5, 0.6) is 0 Å². The van der Waals surface area contributed by atoms with Crippen LogP contribution < -0.4 is 0 Å². The van der Waals surface area contributed by atoms with Gasteiger partial charge < -0.3 is 5.11 Å². The first-order valence-electron chi connectivity index (χ1n) is 5.12. The lowest BCUT2D eigenvalue weighted by Crippen LogP contribution is -2.07. The third kappa shape index (κ3) is 2.56. The molecule has 0 bridgehead atoms. The van der Waals surface area contributed by atoms with Crippen LogP contribution in [-0.2, 0) is 6.18 Å². The zero-order chi connectivity index (χ0) is 14.2. The number of carboxylic acids is 1. The largest absolute Gasteiger partial charge is 0.478 e. The van der Waals surface area contributed by atoms with Gasteiger partial charge in [0.15, 0.2) is 5.82 Å². The number of aromatic carboxylic acids is 1. The molecule has 0 aromatic carbocycles. The fourth-order valence-corrected chi connectivity index (χ4v) is 1.48. The number of alkyl halides is 3. The van der Waals surface area contributed by atoms with Gasteiger partial charge >= 0.3 is 12.1 Å². The highest BCUT2D eigenvalue weighted by Gasteiger charge is 2.30. The highest BCUT2D eigenvalue weighted by Crippen LogP contribution is 2.28. The van der Waals surface area contributed by atoms with Crippen molar-refractivity contribution in [3.8, 4) is 5.82 Å². The molecule has 0 atom stereocenters. The van der Waals surface area contributed by atoms with Crippen molar-refractivity contribution in [2.24, 2.45) is 0 Å². The smallest absolute Gasteiger partial charge is 0.417 e. The Morgan fingerprint density at radius 2 is 2.05 bits per heavy atom. The molecule has 5 nitrogen and oxygen atoms in total.